The van der Waals surface area contributed by atoms with Gasteiger partial charge in [0.25, 0.3) is 0 Å². The summed E-state index contributed by atoms with van der Waals surface area (Å²) in [6.45, 7) is 6.31. The molecule has 3 fully saturated rings. The average molecular weight is 499 g/mol. The van der Waals surface area contributed by atoms with Crippen molar-refractivity contribution in [1.82, 2.24) is 29.0 Å². The number of hydrogen-bond donors (Lipinski definition) is 1. The molecular formula is C27H30N8O2. The van der Waals surface area contributed by atoms with E-state index in [9.17, 15) is 10.4 Å². The number of anilines is 1. The zero-order chi connectivity index (χ0) is 25.7. The van der Waals surface area contributed by atoms with E-state index in [4.69, 9.17) is 9.72 Å². The first-order valence-electron chi connectivity index (χ1n) is 12.5. The Labute approximate surface area is 215 Å². The fourth-order valence-electron chi connectivity index (χ4n) is 5.34. The van der Waals surface area contributed by atoms with E-state index in [2.05, 4.69) is 32.1 Å². The first-order valence-corrected chi connectivity index (χ1v) is 12.5. The molecule has 7 heterocycles. The largest absolute Gasteiger partial charge is 0.489 e. The lowest BCUT2D eigenvalue weighted by Gasteiger charge is -2.56. The highest BCUT2D eigenvalue weighted by atomic mass is 16.5. The highest BCUT2D eigenvalue weighted by molar-refractivity contribution is 5.85. The van der Waals surface area contributed by atoms with Crippen LogP contribution in [0.15, 0.2) is 49.3 Å². The van der Waals surface area contributed by atoms with Gasteiger partial charge in [0.15, 0.2) is 0 Å². The smallest absolute Gasteiger partial charge is 0.138 e. The Bertz CT molecular complexity index is 1470. The van der Waals surface area contributed by atoms with Gasteiger partial charge < -0.3 is 19.3 Å². The van der Waals surface area contributed by atoms with Crippen molar-refractivity contribution in [1.29, 1.82) is 5.26 Å². The second kappa shape index (κ2) is 8.87. The topological polar surface area (TPSA) is 108 Å². The molecule has 3 saturated heterocycles. The van der Waals surface area contributed by atoms with Gasteiger partial charge >= 0.3 is 0 Å². The summed E-state index contributed by atoms with van der Waals surface area (Å²) in [4.78, 5) is 14.2. The van der Waals surface area contributed by atoms with E-state index in [1.165, 1.54) is 6.42 Å². The van der Waals surface area contributed by atoms with Gasteiger partial charge in [-0.25, -0.2) is 14.5 Å². The summed E-state index contributed by atoms with van der Waals surface area (Å²) in [7, 11) is 2.00. The Morgan fingerprint density at radius 1 is 1.16 bits per heavy atom. The van der Waals surface area contributed by atoms with Gasteiger partial charge in [0.1, 0.15) is 24.2 Å². The monoisotopic (exact) mass is 498 g/mol. The van der Waals surface area contributed by atoms with E-state index in [-0.39, 0.29) is 6.61 Å². The van der Waals surface area contributed by atoms with E-state index in [0.29, 0.717) is 28.9 Å². The number of aryl methyl sites for hydroxylation is 1. The number of aliphatic hydroxyl groups is 1. The molecule has 2 unspecified atom stereocenters. The molecule has 2 atom stereocenters. The zero-order valence-electron chi connectivity index (χ0n) is 21.2. The van der Waals surface area contributed by atoms with Gasteiger partial charge in [0.2, 0.25) is 0 Å². The predicted molar refractivity (Wildman–Crippen MR) is 138 cm³/mol. The number of hydrogen-bond acceptors (Lipinski definition) is 8. The number of nitriles is 1. The predicted octanol–water partition coefficient (Wildman–Crippen LogP) is 2.61. The number of piperidine rings is 1. The van der Waals surface area contributed by atoms with E-state index in [0.717, 1.165) is 42.3 Å². The SMILES string of the molecule is Cn1cnc(CN2C3CC2CN(c2ccc(-c4cc(OCC(C)(C)O)cn5ncc(C#N)c45)cn2)C3)c1. The summed E-state index contributed by atoms with van der Waals surface area (Å²) in [5, 5.41) is 24.0. The Morgan fingerprint density at radius 2 is 1.97 bits per heavy atom. The van der Waals surface area contributed by atoms with Crippen molar-refractivity contribution in [2.45, 2.75) is 44.5 Å². The van der Waals surface area contributed by atoms with Gasteiger partial charge in [-0.3, -0.25) is 4.90 Å². The van der Waals surface area contributed by atoms with Crippen LogP contribution in [0.3, 0.4) is 0 Å². The number of ether oxygens (including phenoxy) is 1. The van der Waals surface area contributed by atoms with Crippen LogP contribution < -0.4 is 9.64 Å². The molecule has 37 heavy (non-hydrogen) atoms. The second-order valence-corrected chi connectivity index (χ2v) is 10.7. The molecular weight excluding hydrogens is 468 g/mol. The molecule has 10 nitrogen and oxygen atoms in total. The first-order chi connectivity index (χ1) is 17.8. The molecule has 3 aliphatic rings. The van der Waals surface area contributed by atoms with Gasteiger partial charge in [-0.2, -0.15) is 10.4 Å². The third-order valence-corrected chi connectivity index (χ3v) is 7.13. The minimum atomic E-state index is -0.970. The molecule has 0 aromatic carbocycles. The summed E-state index contributed by atoms with van der Waals surface area (Å²) in [5.41, 5.74) is 3.02. The van der Waals surface area contributed by atoms with Crippen LogP contribution >= 0.6 is 0 Å². The Balaban J connectivity index is 1.22. The minimum absolute atomic E-state index is 0.135. The van der Waals surface area contributed by atoms with Crippen molar-refractivity contribution in [3.63, 3.8) is 0 Å². The molecule has 0 amide bonds. The van der Waals surface area contributed by atoms with Crippen LogP contribution in [0.4, 0.5) is 5.82 Å². The normalized spacial score (nSPS) is 19.6. The fraction of sp³-hybridized carbons (Fsp3) is 0.407. The average Bonchev–Trinajstić information content (AvgIpc) is 3.50. The van der Waals surface area contributed by atoms with Crippen LogP contribution in [0, 0.1) is 11.3 Å². The highest BCUT2D eigenvalue weighted by Crippen LogP contribution is 2.36. The van der Waals surface area contributed by atoms with Crippen LogP contribution in [0.25, 0.3) is 16.6 Å². The van der Waals surface area contributed by atoms with Crippen molar-refractivity contribution in [3.8, 4) is 22.9 Å². The lowest BCUT2D eigenvalue weighted by Crippen LogP contribution is -2.68. The molecule has 0 radical (unpaired) electrons. The lowest BCUT2D eigenvalue weighted by molar-refractivity contribution is -0.00960. The van der Waals surface area contributed by atoms with E-state index in [1.807, 2.05) is 42.3 Å². The van der Waals surface area contributed by atoms with Gasteiger partial charge in [-0.15, -0.1) is 0 Å². The van der Waals surface area contributed by atoms with E-state index >= 15 is 0 Å². The molecule has 10 heteroatoms. The van der Waals surface area contributed by atoms with Gasteiger partial charge in [-0.05, 0) is 38.5 Å². The van der Waals surface area contributed by atoms with Gasteiger partial charge in [0.05, 0.1) is 41.1 Å². The number of aromatic nitrogens is 5. The van der Waals surface area contributed by atoms with Gasteiger partial charge in [-0.1, -0.05) is 0 Å². The lowest BCUT2D eigenvalue weighted by atomic mass is 9.87. The molecule has 190 valence electrons. The number of pyridine rings is 2. The fourth-order valence-corrected chi connectivity index (χ4v) is 5.34. The summed E-state index contributed by atoms with van der Waals surface area (Å²) < 4.78 is 9.48. The molecule has 0 saturated carbocycles. The summed E-state index contributed by atoms with van der Waals surface area (Å²) in [6.07, 6.45) is 10.3. The maximum absolute atomic E-state index is 10.1. The van der Waals surface area contributed by atoms with Crippen LogP contribution in [0.5, 0.6) is 5.75 Å². The zero-order valence-corrected chi connectivity index (χ0v) is 21.2. The standard InChI is InChI=1S/C27H30N8O2/c1-27(2,36)16-37-23-7-24(26-19(8-28)10-31-35(26)15-23)18-4-5-25(29-9-18)33-13-21-6-22(14-33)34(21)12-20-11-32(3)17-30-20/h4-5,7,9-11,15,17,21-22,36H,6,12-14,16H2,1-3H3. The molecule has 7 rings (SSSR count). The van der Waals surface area contributed by atoms with Crippen molar-refractivity contribution in [2.75, 3.05) is 24.6 Å². The Hall–Kier alpha value is -3.94. The molecule has 4 aromatic rings. The van der Waals surface area contributed by atoms with Crippen molar-refractivity contribution in [2.24, 2.45) is 7.05 Å². The minimum Gasteiger partial charge on any atom is -0.489 e. The van der Waals surface area contributed by atoms with Crippen molar-refractivity contribution in [3.05, 3.63) is 60.6 Å². The second-order valence-electron chi connectivity index (χ2n) is 10.7. The number of fused-ring (bicyclic) bond motifs is 3. The maximum Gasteiger partial charge on any atom is 0.138 e. The van der Waals surface area contributed by atoms with Crippen LogP contribution in [0.1, 0.15) is 31.5 Å². The Morgan fingerprint density at radius 3 is 2.62 bits per heavy atom. The highest BCUT2D eigenvalue weighted by Gasteiger charge is 2.44. The molecule has 1 N–H and O–H groups in total. The first kappa shape index (κ1) is 23.5. The molecule has 0 aliphatic carbocycles. The maximum atomic E-state index is 10.1. The van der Waals surface area contributed by atoms with Crippen molar-refractivity contribution >= 4 is 11.3 Å². The van der Waals surface area contributed by atoms with Gasteiger partial charge in [0, 0.05) is 62.3 Å². The Kier molecular flexibility index (Phi) is 5.62. The summed E-state index contributed by atoms with van der Waals surface area (Å²) >= 11 is 0. The van der Waals surface area contributed by atoms with Crippen molar-refractivity contribution < 1.29 is 9.84 Å². The molecule has 4 aromatic heterocycles. The van der Waals surface area contributed by atoms with Crippen LogP contribution in [-0.2, 0) is 13.6 Å². The third-order valence-electron chi connectivity index (χ3n) is 7.13. The van der Waals surface area contributed by atoms with E-state index in [1.54, 1.807) is 30.8 Å². The summed E-state index contributed by atoms with van der Waals surface area (Å²) in [6, 6.07) is 9.22. The number of rotatable bonds is 7. The number of nitrogens with zero attached hydrogens (tertiary/aromatic N) is 8. The van der Waals surface area contributed by atoms with E-state index < -0.39 is 5.60 Å². The summed E-state index contributed by atoms with van der Waals surface area (Å²) in [5.74, 6) is 1.51. The van der Waals surface area contributed by atoms with Crippen LogP contribution in [-0.4, -0.2) is 71.5 Å². The number of imidazole rings is 1. The molecule has 2 bridgehead atoms. The number of piperazine rings is 1. The van der Waals surface area contributed by atoms with Crippen LogP contribution in [0.2, 0.25) is 0 Å². The quantitative estimate of drug-likeness (QED) is 0.414. The molecule has 0 spiro atoms. The molecule has 3 aliphatic heterocycles. The third kappa shape index (κ3) is 4.52.